The molecule has 0 fully saturated rings. The van der Waals surface area contributed by atoms with Gasteiger partial charge in [-0.05, 0) is 6.07 Å². The quantitative estimate of drug-likeness (QED) is 0.247. The van der Waals surface area contributed by atoms with Crippen molar-refractivity contribution >= 4 is 22.6 Å². The molecule has 9 nitrogen and oxygen atoms in total. The van der Waals surface area contributed by atoms with E-state index in [1.807, 2.05) is 42.1 Å². The molecule has 0 aliphatic heterocycles. The Bertz CT molecular complexity index is 1400. The van der Waals surface area contributed by atoms with Gasteiger partial charge in [0.15, 0.2) is 0 Å². The first-order valence-electron chi connectivity index (χ1n) is 9.83. The SMILES string of the molecule is COC(=O)c1cnc(Cc2cc([N+](=O)[O-])c(F)cc2OC)nc1-c1cn(C)c2ccccc12. The molecule has 0 N–H and O–H groups in total. The molecular formula is C23H19FN4O5. The minimum atomic E-state index is -1.00. The van der Waals surface area contributed by atoms with E-state index in [1.165, 1.54) is 20.4 Å². The van der Waals surface area contributed by atoms with Gasteiger partial charge < -0.3 is 14.0 Å². The van der Waals surface area contributed by atoms with Crippen LogP contribution in [-0.2, 0) is 18.2 Å². The number of methoxy groups -OCH3 is 2. The van der Waals surface area contributed by atoms with Crippen molar-refractivity contribution in [3.8, 4) is 17.0 Å². The normalized spacial score (nSPS) is 10.9. The van der Waals surface area contributed by atoms with Crippen LogP contribution < -0.4 is 4.74 Å². The lowest BCUT2D eigenvalue weighted by Crippen LogP contribution is -2.09. The fraction of sp³-hybridized carbons (Fsp3) is 0.174. The summed E-state index contributed by atoms with van der Waals surface area (Å²) in [5.74, 6) is -1.20. The highest BCUT2D eigenvalue weighted by Crippen LogP contribution is 2.33. The van der Waals surface area contributed by atoms with Crippen LogP contribution in [0.5, 0.6) is 5.75 Å². The van der Waals surface area contributed by atoms with E-state index < -0.39 is 22.4 Å². The van der Waals surface area contributed by atoms with Gasteiger partial charge in [-0.2, -0.15) is 4.39 Å². The van der Waals surface area contributed by atoms with Gasteiger partial charge in [-0.1, -0.05) is 18.2 Å². The average molecular weight is 450 g/mol. The largest absolute Gasteiger partial charge is 0.496 e. The van der Waals surface area contributed by atoms with Gasteiger partial charge in [0.25, 0.3) is 0 Å². The summed E-state index contributed by atoms with van der Waals surface area (Å²) in [6, 6.07) is 9.72. The van der Waals surface area contributed by atoms with Crippen LogP contribution in [0.3, 0.4) is 0 Å². The fourth-order valence-corrected chi connectivity index (χ4v) is 3.72. The average Bonchev–Trinajstić information content (AvgIpc) is 3.15. The van der Waals surface area contributed by atoms with Crippen molar-refractivity contribution < 1.29 is 23.6 Å². The van der Waals surface area contributed by atoms with Crippen molar-refractivity contribution in [2.75, 3.05) is 14.2 Å². The number of esters is 1. The highest BCUT2D eigenvalue weighted by molar-refractivity contribution is 6.02. The predicted molar refractivity (Wildman–Crippen MR) is 118 cm³/mol. The van der Waals surface area contributed by atoms with Crippen LogP contribution in [0.4, 0.5) is 10.1 Å². The Morgan fingerprint density at radius 2 is 2.00 bits per heavy atom. The number of aryl methyl sites for hydroxylation is 1. The molecule has 168 valence electrons. The molecule has 0 aliphatic rings. The Hall–Kier alpha value is -4.34. The smallest absolute Gasteiger partial charge is 0.341 e. The highest BCUT2D eigenvalue weighted by atomic mass is 19.1. The predicted octanol–water partition coefficient (Wildman–Crippen LogP) is 4.07. The van der Waals surface area contributed by atoms with Gasteiger partial charge in [0.1, 0.15) is 17.1 Å². The van der Waals surface area contributed by atoms with Crippen LogP contribution in [-0.4, -0.2) is 39.6 Å². The number of rotatable bonds is 6. The van der Waals surface area contributed by atoms with Crippen LogP contribution in [0.15, 0.2) is 48.8 Å². The van der Waals surface area contributed by atoms with Crippen molar-refractivity contribution in [3.05, 3.63) is 81.7 Å². The number of nitro benzene ring substituents is 1. The second-order valence-corrected chi connectivity index (χ2v) is 7.26. The van der Waals surface area contributed by atoms with Crippen LogP contribution in [0, 0.1) is 15.9 Å². The Labute approximate surface area is 187 Å². The van der Waals surface area contributed by atoms with Gasteiger partial charge in [-0.25, -0.2) is 14.8 Å². The molecular weight excluding hydrogens is 431 g/mol. The standard InChI is InChI=1S/C23H19FN4O5/c1-27-12-16(14-6-4-5-7-18(14)27)22-15(23(29)33-3)11-25-21(26-22)9-13-8-19(28(30)31)17(24)10-20(13)32-2/h4-8,10-12H,9H2,1-3H3. The Morgan fingerprint density at radius 1 is 1.24 bits per heavy atom. The summed E-state index contributed by atoms with van der Waals surface area (Å²) in [6.45, 7) is 0. The maximum atomic E-state index is 14.0. The van der Waals surface area contributed by atoms with E-state index in [9.17, 15) is 19.3 Å². The second kappa shape index (κ2) is 8.65. The molecule has 2 aromatic heterocycles. The molecule has 10 heteroatoms. The zero-order valence-corrected chi connectivity index (χ0v) is 18.0. The number of hydrogen-bond acceptors (Lipinski definition) is 7. The minimum Gasteiger partial charge on any atom is -0.496 e. The summed E-state index contributed by atoms with van der Waals surface area (Å²) in [4.78, 5) is 31.7. The number of benzene rings is 2. The first kappa shape index (κ1) is 21.9. The van der Waals surface area contributed by atoms with Gasteiger partial charge in [0, 0.05) is 60.0 Å². The number of carbonyl (C=O) groups excluding carboxylic acids is 1. The number of nitro groups is 1. The van der Waals surface area contributed by atoms with E-state index in [-0.39, 0.29) is 23.6 Å². The molecule has 0 saturated carbocycles. The maximum absolute atomic E-state index is 14.0. The first-order chi connectivity index (χ1) is 15.8. The highest BCUT2D eigenvalue weighted by Gasteiger charge is 2.23. The number of ether oxygens (including phenoxy) is 2. The van der Waals surface area contributed by atoms with Crippen LogP contribution in [0.25, 0.3) is 22.2 Å². The number of aromatic nitrogens is 3. The molecule has 33 heavy (non-hydrogen) atoms. The Morgan fingerprint density at radius 3 is 2.70 bits per heavy atom. The third kappa shape index (κ3) is 3.98. The first-order valence-corrected chi connectivity index (χ1v) is 9.83. The van der Waals surface area contributed by atoms with Crippen molar-refractivity contribution in [1.82, 2.24) is 14.5 Å². The van der Waals surface area contributed by atoms with Gasteiger partial charge in [0.05, 0.1) is 24.8 Å². The molecule has 0 unspecified atom stereocenters. The van der Waals surface area contributed by atoms with E-state index in [1.54, 1.807) is 0 Å². The van der Waals surface area contributed by atoms with Gasteiger partial charge >= 0.3 is 11.7 Å². The molecule has 2 aromatic carbocycles. The molecule has 4 aromatic rings. The molecule has 0 atom stereocenters. The van der Waals surface area contributed by atoms with Crippen molar-refractivity contribution in [2.45, 2.75) is 6.42 Å². The van der Waals surface area contributed by atoms with E-state index >= 15 is 0 Å². The number of halogens is 1. The molecule has 2 heterocycles. The third-order valence-electron chi connectivity index (χ3n) is 5.29. The van der Waals surface area contributed by atoms with E-state index in [0.717, 1.165) is 23.0 Å². The second-order valence-electron chi connectivity index (χ2n) is 7.26. The number of para-hydroxylation sites is 1. The molecule has 0 radical (unpaired) electrons. The summed E-state index contributed by atoms with van der Waals surface area (Å²) in [5, 5.41) is 12.1. The molecule has 0 aliphatic carbocycles. The minimum absolute atomic E-state index is 0.0174. The van der Waals surface area contributed by atoms with Crippen LogP contribution in [0.1, 0.15) is 21.7 Å². The summed E-state index contributed by atoms with van der Waals surface area (Å²) in [5.41, 5.74) is 1.84. The zero-order chi connectivity index (χ0) is 23.7. The molecule has 0 spiro atoms. The van der Waals surface area contributed by atoms with E-state index in [4.69, 9.17) is 9.47 Å². The number of fused-ring (bicyclic) bond motifs is 1. The number of carbonyl (C=O) groups is 1. The van der Waals surface area contributed by atoms with Crippen LogP contribution >= 0.6 is 0 Å². The Kier molecular flexibility index (Phi) is 5.74. The third-order valence-corrected chi connectivity index (χ3v) is 5.29. The summed E-state index contributed by atoms with van der Waals surface area (Å²) in [7, 11) is 4.49. The lowest BCUT2D eigenvalue weighted by molar-refractivity contribution is -0.387. The van der Waals surface area contributed by atoms with Gasteiger partial charge in [0.2, 0.25) is 5.82 Å². The Balaban J connectivity index is 1.87. The lowest BCUT2D eigenvalue weighted by atomic mass is 10.0. The monoisotopic (exact) mass is 450 g/mol. The van der Waals surface area contributed by atoms with Crippen LogP contribution in [0.2, 0.25) is 0 Å². The summed E-state index contributed by atoms with van der Waals surface area (Å²) >= 11 is 0. The fourth-order valence-electron chi connectivity index (χ4n) is 3.72. The molecule has 4 rings (SSSR count). The molecule has 0 bridgehead atoms. The van der Waals surface area contributed by atoms with Gasteiger partial charge in [-0.15, -0.1) is 0 Å². The number of hydrogen-bond donors (Lipinski definition) is 0. The zero-order valence-electron chi connectivity index (χ0n) is 18.0. The summed E-state index contributed by atoms with van der Waals surface area (Å²) in [6.07, 6.45) is 3.23. The number of nitrogens with zero attached hydrogens (tertiary/aromatic N) is 4. The van der Waals surface area contributed by atoms with E-state index in [0.29, 0.717) is 16.8 Å². The van der Waals surface area contributed by atoms with Crippen molar-refractivity contribution in [3.63, 3.8) is 0 Å². The van der Waals surface area contributed by atoms with Crippen molar-refractivity contribution in [2.24, 2.45) is 7.05 Å². The van der Waals surface area contributed by atoms with Crippen molar-refractivity contribution in [1.29, 1.82) is 0 Å². The lowest BCUT2D eigenvalue weighted by Gasteiger charge is -2.11. The summed E-state index contributed by atoms with van der Waals surface area (Å²) < 4.78 is 26.0. The maximum Gasteiger partial charge on any atom is 0.341 e. The van der Waals surface area contributed by atoms with E-state index in [2.05, 4.69) is 9.97 Å². The topological polar surface area (TPSA) is 109 Å². The van der Waals surface area contributed by atoms with Gasteiger partial charge in [-0.3, -0.25) is 10.1 Å². The molecule has 0 amide bonds. The molecule has 0 saturated heterocycles.